The van der Waals surface area contributed by atoms with Crippen LogP contribution >= 0.6 is 11.3 Å². The lowest BCUT2D eigenvalue weighted by molar-refractivity contribution is -0.384. The van der Waals surface area contributed by atoms with E-state index in [1.54, 1.807) is 29.5 Å². The molecule has 0 aliphatic rings. The molecule has 2 aromatic heterocycles. The molecule has 0 saturated heterocycles. The number of benzene rings is 2. The van der Waals surface area contributed by atoms with Gasteiger partial charge in [-0.15, -0.1) is 11.3 Å². The molecule has 0 fully saturated rings. The Morgan fingerprint density at radius 2 is 2.03 bits per heavy atom. The molecule has 2 heterocycles. The van der Waals surface area contributed by atoms with E-state index in [9.17, 15) is 14.9 Å². The summed E-state index contributed by atoms with van der Waals surface area (Å²) in [5.41, 5.74) is 1.42. The largest absolute Gasteiger partial charge is 0.322 e. The van der Waals surface area contributed by atoms with Crippen molar-refractivity contribution >= 4 is 28.6 Å². The number of amides is 1. The van der Waals surface area contributed by atoms with E-state index >= 15 is 0 Å². The first-order valence-corrected chi connectivity index (χ1v) is 9.58. The fourth-order valence-electron chi connectivity index (χ4n) is 2.70. The maximum absolute atomic E-state index is 12.6. The lowest BCUT2D eigenvalue weighted by atomic mass is 10.1. The summed E-state index contributed by atoms with van der Waals surface area (Å²) >= 11 is 1.55. The summed E-state index contributed by atoms with van der Waals surface area (Å²) < 4.78 is 1.27. The number of hydrogen-bond acceptors (Lipinski definition) is 6. The van der Waals surface area contributed by atoms with Crippen molar-refractivity contribution in [2.24, 2.45) is 0 Å². The number of carbonyl (C=O) groups is 1. The average Bonchev–Trinajstić information content (AvgIpc) is 3.46. The third-order valence-electron chi connectivity index (χ3n) is 4.07. The van der Waals surface area contributed by atoms with Crippen LogP contribution in [0.2, 0.25) is 0 Å². The van der Waals surface area contributed by atoms with Gasteiger partial charge in [-0.1, -0.05) is 24.0 Å². The molecule has 0 unspecified atom stereocenters. The van der Waals surface area contributed by atoms with Crippen molar-refractivity contribution < 1.29 is 9.72 Å². The van der Waals surface area contributed by atoms with Gasteiger partial charge in [-0.2, -0.15) is 5.10 Å². The van der Waals surface area contributed by atoms with Crippen LogP contribution in [-0.4, -0.2) is 25.6 Å². The van der Waals surface area contributed by atoms with E-state index in [-0.39, 0.29) is 16.9 Å². The fourth-order valence-corrected chi connectivity index (χ4v) is 3.27. The lowest BCUT2D eigenvalue weighted by Crippen LogP contribution is -2.13. The molecule has 0 radical (unpaired) electrons. The van der Waals surface area contributed by atoms with Crippen molar-refractivity contribution in [1.29, 1.82) is 0 Å². The molecule has 1 N–H and O–H groups in total. The van der Waals surface area contributed by atoms with Gasteiger partial charge in [-0.3, -0.25) is 14.9 Å². The highest BCUT2D eigenvalue weighted by Gasteiger charge is 2.19. The number of nitrogens with zero attached hydrogens (tertiary/aromatic N) is 4. The molecule has 146 valence electrons. The van der Waals surface area contributed by atoms with E-state index in [2.05, 4.69) is 27.2 Å². The maximum atomic E-state index is 12.6. The van der Waals surface area contributed by atoms with E-state index in [0.29, 0.717) is 5.69 Å². The summed E-state index contributed by atoms with van der Waals surface area (Å²) in [4.78, 5) is 28.3. The molecule has 9 heteroatoms. The Balaban J connectivity index is 1.56. The van der Waals surface area contributed by atoms with Crippen molar-refractivity contribution in [2.75, 3.05) is 5.32 Å². The first-order valence-electron chi connectivity index (χ1n) is 8.70. The number of aromatic nitrogens is 3. The highest BCUT2D eigenvalue weighted by Crippen LogP contribution is 2.24. The molecular weight excluding hydrogens is 402 g/mol. The summed E-state index contributed by atoms with van der Waals surface area (Å²) in [6.45, 7) is 0. The highest BCUT2D eigenvalue weighted by molar-refractivity contribution is 7.10. The van der Waals surface area contributed by atoms with Crippen LogP contribution < -0.4 is 5.32 Å². The molecular formula is C21H13N5O3S. The number of rotatable bonds is 4. The van der Waals surface area contributed by atoms with Gasteiger partial charge in [0, 0.05) is 22.9 Å². The van der Waals surface area contributed by atoms with E-state index in [1.807, 2.05) is 23.6 Å². The Morgan fingerprint density at radius 3 is 2.77 bits per heavy atom. The topological polar surface area (TPSA) is 103 Å². The van der Waals surface area contributed by atoms with Crippen LogP contribution in [0.1, 0.15) is 20.8 Å². The number of thiophene rings is 1. The summed E-state index contributed by atoms with van der Waals surface area (Å²) in [7, 11) is 0. The first kappa shape index (κ1) is 19.0. The van der Waals surface area contributed by atoms with Gasteiger partial charge in [0.1, 0.15) is 18.3 Å². The minimum absolute atomic E-state index is 0.153. The smallest absolute Gasteiger partial charge is 0.295 e. The average molecular weight is 415 g/mol. The van der Waals surface area contributed by atoms with Crippen molar-refractivity contribution in [1.82, 2.24) is 14.8 Å². The SMILES string of the molecule is O=C(Nc1cccc(C#Cc2cccs2)c1)c1ccc(-n2cncn2)c([N+](=O)[O-])c1. The van der Waals surface area contributed by atoms with Gasteiger partial charge in [0.05, 0.1) is 9.80 Å². The molecule has 1 amide bonds. The molecule has 0 atom stereocenters. The number of carbonyl (C=O) groups excluding carboxylic acids is 1. The second-order valence-electron chi connectivity index (χ2n) is 6.06. The number of hydrogen-bond donors (Lipinski definition) is 1. The van der Waals surface area contributed by atoms with E-state index in [4.69, 9.17) is 0 Å². The predicted octanol–water partition coefficient (Wildman–Crippen LogP) is 3.89. The van der Waals surface area contributed by atoms with Gasteiger partial charge >= 0.3 is 0 Å². The first-order chi connectivity index (χ1) is 14.6. The summed E-state index contributed by atoms with van der Waals surface area (Å²) in [6, 6.07) is 15.1. The van der Waals surface area contributed by atoms with E-state index in [1.165, 1.54) is 35.5 Å². The zero-order valence-electron chi connectivity index (χ0n) is 15.4. The van der Waals surface area contributed by atoms with Crippen LogP contribution in [0.5, 0.6) is 0 Å². The maximum Gasteiger partial charge on any atom is 0.295 e. The van der Waals surface area contributed by atoms with Crippen LogP contribution in [-0.2, 0) is 0 Å². The Kier molecular flexibility index (Phi) is 5.32. The zero-order valence-corrected chi connectivity index (χ0v) is 16.2. The minimum atomic E-state index is -0.561. The van der Waals surface area contributed by atoms with E-state index < -0.39 is 10.8 Å². The Morgan fingerprint density at radius 1 is 1.13 bits per heavy atom. The van der Waals surface area contributed by atoms with Gasteiger partial charge < -0.3 is 5.32 Å². The van der Waals surface area contributed by atoms with Crippen molar-refractivity contribution in [3.05, 3.63) is 98.8 Å². The van der Waals surface area contributed by atoms with Crippen molar-refractivity contribution in [3.63, 3.8) is 0 Å². The molecule has 0 aliphatic heterocycles. The van der Waals surface area contributed by atoms with Gasteiger partial charge in [0.15, 0.2) is 0 Å². The van der Waals surface area contributed by atoms with Gasteiger partial charge in [-0.25, -0.2) is 9.67 Å². The number of nitrogens with one attached hydrogen (secondary N) is 1. The molecule has 4 rings (SSSR count). The minimum Gasteiger partial charge on any atom is -0.322 e. The van der Waals surface area contributed by atoms with Gasteiger partial charge in [-0.05, 0) is 41.8 Å². The third kappa shape index (κ3) is 4.24. The molecule has 2 aromatic carbocycles. The van der Waals surface area contributed by atoms with Crippen molar-refractivity contribution in [2.45, 2.75) is 0 Å². The van der Waals surface area contributed by atoms with E-state index in [0.717, 1.165) is 10.4 Å². The molecule has 0 bridgehead atoms. The number of anilines is 1. The predicted molar refractivity (Wildman–Crippen MR) is 113 cm³/mol. The summed E-state index contributed by atoms with van der Waals surface area (Å²) in [5, 5.41) is 20.1. The lowest BCUT2D eigenvalue weighted by Gasteiger charge is -2.07. The zero-order chi connectivity index (χ0) is 20.9. The second-order valence-corrected chi connectivity index (χ2v) is 7.01. The Bertz CT molecular complexity index is 1270. The van der Waals surface area contributed by atoms with Crippen LogP contribution in [0.25, 0.3) is 5.69 Å². The molecule has 4 aromatic rings. The molecule has 30 heavy (non-hydrogen) atoms. The van der Waals surface area contributed by atoms with Crippen LogP contribution in [0.3, 0.4) is 0 Å². The second kappa shape index (κ2) is 8.38. The summed E-state index contributed by atoms with van der Waals surface area (Å²) in [5.74, 6) is 5.65. The molecule has 8 nitrogen and oxygen atoms in total. The molecule has 0 saturated carbocycles. The number of nitro groups is 1. The molecule has 0 aliphatic carbocycles. The monoisotopic (exact) mass is 415 g/mol. The van der Waals surface area contributed by atoms with Crippen LogP contribution in [0.15, 0.2) is 72.6 Å². The highest BCUT2D eigenvalue weighted by atomic mass is 32.1. The quantitative estimate of drug-likeness (QED) is 0.309. The standard InChI is InChI=1S/C21H13N5O3S/c27-21(16-7-9-19(20(12-16)26(28)29)25-14-22-13-23-25)24-17-4-1-3-15(11-17)6-8-18-5-2-10-30-18/h1-5,7,9-14H,(H,24,27). The van der Waals surface area contributed by atoms with Crippen LogP contribution in [0.4, 0.5) is 11.4 Å². The van der Waals surface area contributed by atoms with Crippen molar-refractivity contribution in [3.8, 4) is 17.5 Å². The Hall–Kier alpha value is -4.29. The van der Waals surface area contributed by atoms with Crippen LogP contribution in [0, 0.1) is 22.0 Å². The fraction of sp³-hybridized carbons (Fsp3) is 0. The Labute approximate surface area is 175 Å². The molecule has 0 spiro atoms. The van der Waals surface area contributed by atoms with Gasteiger partial charge in [0.25, 0.3) is 11.6 Å². The van der Waals surface area contributed by atoms with Gasteiger partial charge in [0.2, 0.25) is 0 Å². The number of nitro benzene ring substituents is 1. The normalized spacial score (nSPS) is 10.1. The third-order valence-corrected chi connectivity index (χ3v) is 4.86. The summed E-state index contributed by atoms with van der Waals surface area (Å²) in [6.07, 6.45) is 2.63.